The average Bonchev–Trinajstić information content (AvgIpc) is 2.92. The third-order valence-corrected chi connectivity index (χ3v) is 3.49. The van der Waals surface area contributed by atoms with E-state index in [9.17, 15) is 19.3 Å². The van der Waals surface area contributed by atoms with Crippen LogP contribution in [0.3, 0.4) is 0 Å². The fourth-order valence-corrected chi connectivity index (χ4v) is 2.31. The minimum Gasteiger partial charge on any atom is -0.351 e. The summed E-state index contributed by atoms with van der Waals surface area (Å²) < 4.78 is 13.2. The minimum absolute atomic E-state index is 0.0680. The second-order valence-electron chi connectivity index (χ2n) is 5.13. The van der Waals surface area contributed by atoms with Crippen molar-refractivity contribution in [1.82, 2.24) is 4.98 Å². The van der Waals surface area contributed by atoms with Crippen LogP contribution in [0.2, 0.25) is 0 Å². The van der Waals surface area contributed by atoms with E-state index in [1.165, 1.54) is 30.3 Å². The zero-order valence-electron chi connectivity index (χ0n) is 12.1. The molecule has 0 saturated carbocycles. The van der Waals surface area contributed by atoms with Crippen LogP contribution in [-0.4, -0.2) is 15.8 Å². The number of amides is 1. The van der Waals surface area contributed by atoms with E-state index in [-0.39, 0.29) is 11.4 Å². The molecule has 1 heterocycles. The molecule has 1 aromatic heterocycles. The summed E-state index contributed by atoms with van der Waals surface area (Å²) in [6.07, 6.45) is 0. The number of rotatable bonds is 3. The number of nitro groups is 1. The number of nitrogens with zero attached hydrogens (tertiary/aromatic N) is 1. The summed E-state index contributed by atoms with van der Waals surface area (Å²) in [5, 5.41) is 14.1. The Morgan fingerprint density at radius 2 is 2.00 bits per heavy atom. The van der Waals surface area contributed by atoms with Gasteiger partial charge < -0.3 is 10.3 Å². The van der Waals surface area contributed by atoms with Crippen LogP contribution < -0.4 is 5.32 Å². The zero-order chi connectivity index (χ0) is 16.6. The third kappa shape index (κ3) is 2.89. The number of H-pyrrole nitrogens is 1. The number of carbonyl (C=O) groups is 1. The summed E-state index contributed by atoms with van der Waals surface area (Å²) >= 11 is 0. The molecule has 0 spiro atoms. The third-order valence-electron chi connectivity index (χ3n) is 3.49. The van der Waals surface area contributed by atoms with E-state index in [4.69, 9.17) is 0 Å². The first-order valence-electron chi connectivity index (χ1n) is 6.79. The molecule has 1 amide bonds. The van der Waals surface area contributed by atoms with E-state index in [0.717, 1.165) is 0 Å². The number of halogens is 1. The number of aryl methyl sites for hydroxylation is 1. The van der Waals surface area contributed by atoms with Crippen molar-refractivity contribution in [1.29, 1.82) is 0 Å². The summed E-state index contributed by atoms with van der Waals surface area (Å²) in [6, 6.07) is 10.1. The number of aromatic amines is 1. The minimum atomic E-state index is -0.503. The van der Waals surface area contributed by atoms with Crippen LogP contribution in [0.25, 0.3) is 10.9 Å². The Bertz CT molecular complexity index is 933. The van der Waals surface area contributed by atoms with Crippen molar-refractivity contribution >= 4 is 28.2 Å². The van der Waals surface area contributed by atoms with Crippen LogP contribution in [0.4, 0.5) is 15.8 Å². The largest absolute Gasteiger partial charge is 0.351 e. The first kappa shape index (κ1) is 14.7. The lowest BCUT2D eigenvalue weighted by molar-refractivity contribution is -0.385. The van der Waals surface area contributed by atoms with Gasteiger partial charge in [0.15, 0.2) is 0 Å². The van der Waals surface area contributed by atoms with E-state index in [1.807, 2.05) is 0 Å². The Morgan fingerprint density at radius 3 is 2.74 bits per heavy atom. The molecule has 0 saturated heterocycles. The van der Waals surface area contributed by atoms with E-state index < -0.39 is 16.6 Å². The van der Waals surface area contributed by atoms with Gasteiger partial charge in [-0.1, -0.05) is 6.07 Å². The lowest BCUT2D eigenvalue weighted by Gasteiger charge is -2.05. The molecule has 2 aromatic carbocycles. The van der Waals surface area contributed by atoms with E-state index in [2.05, 4.69) is 10.3 Å². The van der Waals surface area contributed by atoms with Crippen molar-refractivity contribution in [3.05, 3.63) is 69.7 Å². The normalized spacial score (nSPS) is 10.7. The molecule has 0 bridgehead atoms. The number of hydrogen-bond acceptors (Lipinski definition) is 3. The number of nitro benzene ring substituents is 1. The van der Waals surface area contributed by atoms with Crippen LogP contribution >= 0.6 is 0 Å². The van der Waals surface area contributed by atoms with Gasteiger partial charge in [0.25, 0.3) is 11.6 Å². The molecule has 0 fully saturated rings. The van der Waals surface area contributed by atoms with E-state index in [1.54, 1.807) is 19.1 Å². The maximum atomic E-state index is 13.2. The van der Waals surface area contributed by atoms with Gasteiger partial charge in [0.1, 0.15) is 11.5 Å². The molecule has 116 valence electrons. The van der Waals surface area contributed by atoms with Crippen molar-refractivity contribution < 1.29 is 14.1 Å². The van der Waals surface area contributed by atoms with Gasteiger partial charge in [0, 0.05) is 28.2 Å². The molecule has 0 atom stereocenters. The monoisotopic (exact) mass is 313 g/mol. The van der Waals surface area contributed by atoms with Crippen LogP contribution in [0.1, 0.15) is 16.1 Å². The number of hydrogen-bond donors (Lipinski definition) is 2. The molecule has 2 N–H and O–H groups in total. The molecule has 0 radical (unpaired) electrons. The smallest absolute Gasteiger partial charge is 0.274 e. The maximum absolute atomic E-state index is 13.2. The molecule has 6 nitrogen and oxygen atoms in total. The summed E-state index contributed by atoms with van der Waals surface area (Å²) in [4.78, 5) is 25.5. The molecule has 7 heteroatoms. The first-order chi connectivity index (χ1) is 10.9. The number of benzene rings is 2. The molecule has 3 rings (SSSR count). The quantitative estimate of drug-likeness (QED) is 0.570. The van der Waals surface area contributed by atoms with Gasteiger partial charge in [-0.15, -0.1) is 0 Å². The van der Waals surface area contributed by atoms with Gasteiger partial charge in [-0.3, -0.25) is 14.9 Å². The van der Waals surface area contributed by atoms with Crippen molar-refractivity contribution in [2.45, 2.75) is 6.92 Å². The van der Waals surface area contributed by atoms with E-state index >= 15 is 0 Å². The number of fused-ring (bicyclic) bond motifs is 1. The number of anilines is 1. The van der Waals surface area contributed by atoms with Gasteiger partial charge in [-0.2, -0.15) is 0 Å². The summed E-state index contributed by atoms with van der Waals surface area (Å²) in [5.41, 5.74) is 1.63. The van der Waals surface area contributed by atoms with Gasteiger partial charge in [0.05, 0.1) is 4.92 Å². The standard InChI is InChI=1S/C16H12FN3O3/c1-9-2-4-12(8-15(9)20(22)23)18-16(21)14-7-10-6-11(17)3-5-13(10)19-14/h2-8,19H,1H3,(H,18,21). The highest BCUT2D eigenvalue weighted by molar-refractivity contribution is 6.06. The molecule has 0 aliphatic carbocycles. The molecule has 0 aliphatic heterocycles. The van der Waals surface area contributed by atoms with Crippen molar-refractivity contribution in [3.8, 4) is 0 Å². The molecular weight excluding hydrogens is 301 g/mol. The van der Waals surface area contributed by atoms with Crippen molar-refractivity contribution in [2.24, 2.45) is 0 Å². The van der Waals surface area contributed by atoms with Gasteiger partial charge >= 0.3 is 0 Å². The Balaban J connectivity index is 1.88. The lowest BCUT2D eigenvalue weighted by atomic mass is 10.2. The Hall–Kier alpha value is -3.22. The summed E-state index contributed by atoms with van der Waals surface area (Å²) in [7, 11) is 0. The second-order valence-corrected chi connectivity index (χ2v) is 5.13. The molecule has 23 heavy (non-hydrogen) atoms. The number of carbonyl (C=O) groups excluding carboxylic acids is 1. The van der Waals surface area contributed by atoms with Crippen LogP contribution in [0, 0.1) is 22.9 Å². The predicted molar refractivity (Wildman–Crippen MR) is 84.0 cm³/mol. The molecular formula is C16H12FN3O3. The molecule has 0 unspecified atom stereocenters. The number of nitrogens with one attached hydrogen (secondary N) is 2. The van der Waals surface area contributed by atoms with Crippen LogP contribution in [-0.2, 0) is 0 Å². The van der Waals surface area contributed by atoms with Crippen molar-refractivity contribution in [2.75, 3.05) is 5.32 Å². The lowest BCUT2D eigenvalue weighted by Crippen LogP contribution is -2.12. The fourth-order valence-electron chi connectivity index (χ4n) is 2.31. The van der Waals surface area contributed by atoms with Gasteiger partial charge in [-0.25, -0.2) is 4.39 Å². The number of aromatic nitrogens is 1. The van der Waals surface area contributed by atoms with Crippen LogP contribution in [0.5, 0.6) is 0 Å². The molecule has 3 aromatic rings. The SMILES string of the molecule is Cc1ccc(NC(=O)c2cc3cc(F)ccc3[nH]2)cc1[N+](=O)[O-]. The average molecular weight is 313 g/mol. The Morgan fingerprint density at radius 1 is 1.22 bits per heavy atom. The van der Waals surface area contributed by atoms with Crippen molar-refractivity contribution in [3.63, 3.8) is 0 Å². The highest BCUT2D eigenvalue weighted by atomic mass is 19.1. The van der Waals surface area contributed by atoms with E-state index in [0.29, 0.717) is 22.2 Å². The van der Waals surface area contributed by atoms with Crippen LogP contribution in [0.15, 0.2) is 42.5 Å². The van der Waals surface area contributed by atoms with Gasteiger partial charge in [-0.05, 0) is 37.3 Å². The summed E-state index contributed by atoms with van der Waals surface area (Å²) in [6.45, 7) is 1.62. The summed E-state index contributed by atoms with van der Waals surface area (Å²) in [5.74, 6) is -0.850. The maximum Gasteiger partial charge on any atom is 0.274 e. The molecule has 0 aliphatic rings. The second kappa shape index (κ2) is 5.53. The Labute approximate surface area is 130 Å². The Kier molecular flexibility index (Phi) is 3.53. The predicted octanol–water partition coefficient (Wildman–Crippen LogP) is 3.78. The topological polar surface area (TPSA) is 88.0 Å². The highest BCUT2D eigenvalue weighted by Crippen LogP contribution is 2.23. The zero-order valence-corrected chi connectivity index (χ0v) is 12.1. The fraction of sp³-hybridized carbons (Fsp3) is 0.0625. The first-order valence-corrected chi connectivity index (χ1v) is 6.79. The highest BCUT2D eigenvalue weighted by Gasteiger charge is 2.14. The van der Waals surface area contributed by atoms with Gasteiger partial charge in [0.2, 0.25) is 0 Å².